The Morgan fingerprint density at radius 1 is 1.15 bits per heavy atom. The molecule has 0 fully saturated rings. The third-order valence-corrected chi connectivity index (χ3v) is 5.14. The summed E-state index contributed by atoms with van der Waals surface area (Å²) in [6, 6.07) is 16.5. The van der Waals surface area contributed by atoms with Crippen LogP contribution in [-0.4, -0.2) is 32.3 Å². The molecule has 4 rings (SSSR count). The van der Waals surface area contributed by atoms with Crippen LogP contribution in [0, 0.1) is 5.53 Å². The number of aromatic hydroxyl groups is 1. The maximum Gasteiger partial charge on any atom is 0.309 e. The zero-order valence-electron chi connectivity index (χ0n) is 13.6. The van der Waals surface area contributed by atoms with Gasteiger partial charge in [-0.3, -0.25) is 4.79 Å². The summed E-state index contributed by atoms with van der Waals surface area (Å²) in [5, 5.41) is 19.0. The fourth-order valence-electron chi connectivity index (χ4n) is 3.11. The van der Waals surface area contributed by atoms with Crippen LogP contribution in [0.5, 0.6) is 5.75 Å². The van der Waals surface area contributed by atoms with Crippen molar-refractivity contribution in [1.29, 1.82) is 5.53 Å². The summed E-state index contributed by atoms with van der Waals surface area (Å²) in [5.74, 6) is 0.484. The van der Waals surface area contributed by atoms with Crippen molar-refractivity contribution in [2.75, 3.05) is 0 Å². The smallest absolute Gasteiger partial charge is 0.309 e. The van der Waals surface area contributed by atoms with Gasteiger partial charge >= 0.3 is 5.24 Å². The number of amides is 1. The summed E-state index contributed by atoms with van der Waals surface area (Å²) >= 11 is 0.889. The second-order valence-corrected chi connectivity index (χ2v) is 6.90. The normalized spacial score (nSPS) is 22.3. The van der Waals surface area contributed by atoms with E-state index < -0.39 is 5.37 Å². The number of rotatable bonds is 3. The van der Waals surface area contributed by atoms with Gasteiger partial charge in [0, 0.05) is 12.0 Å². The van der Waals surface area contributed by atoms with E-state index in [2.05, 4.69) is 15.2 Å². The second-order valence-electron chi connectivity index (χ2n) is 5.87. The molecule has 7 nitrogen and oxygen atoms in total. The molecule has 2 aromatic carbocycles. The Bertz CT molecular complexity index is 928. The molecule has 0 spiro atoms. The maximum absolute atomic E-state index is 11.7. The lowest BCUT2D eigenvalue weighted by Gasteiger charge is -2.25. The molecular formula is C18H15N5O2S. The van der Waals surface area contributed by atoms with Crippen molar-refractivity contribution in [3.05, 3.63) is 65.7 Å². The number of hydrazone groups is 1. The molecule has 1 amide bonds. The number of amidine groups is 1. The molecule has 8 heteroatoms. The highest BCUT2D eigenvalue weighted by molar-refractivity contribution is 8.15. The van der Waals surface area contributed by atoms with Gasteiger partial charge in [0.2, 0.25) is 0 Å². The first-order valence-electron chi connectivity index (χ1n) is 8.03. The summed E-state index contributed by atoms with van der Waals surface area (Å²) < 4.78 is 0. The van der Waals surface area contributed by atoms with Crippen LogP contribution in [0.15, 0.2) is 69.8 Å². The van der Waals surface area contributed by atoms with Crippen molar-refractivity contribution in [1.82, 2.24) is 5.01 Å². The third-order valence-electron chi connectivity index (χ3n) is 4.30. The van der Waals surface area contributed by atoms with Gasteiger partial charge in [0.25, 0.3) is 0 Å². The fraction of sp³-hybridized carbons (Fsp3) is 0.167. The van der Waals surface area contributed by atoms with Gasteiger partial charge in [0.1, 0.15) is 5.75 Å². The minimum Gasteiger partial charge on any atom is -0.508 e. The van der Waals surface area contributed by atoms with Crippen LogP contribution in [0.3, 0.4) is 0 Å². The van der Waals surface area contributed by atoms with Crippen molar-refractivity contribution in [2.24, 2.45) is 15.2 Å². The minimum atomic E-state index is -0.713. The molecule has 0 unspecified atom stereocenters. The number of hydrogen-bond acceptors (Lipinski definition) is 7. The molecule has 0 bridgehead atoms. The molecule has 0 aromatic heterocycles. The highest BCUT2D eigenvalue weighted by Crippen LogP contribution is 2.40. The number of nitrogens with zero attached hydrogens (tertiary/aromatic N) is 4. The lowest BCUT2D eigenvalue weighted by Crippen LogP contribution is -2.31. The van der Waals surface area contributed by atoms with Crippen molar-refractivity contribution in [3.8, 4) is 5.75 Å². The standard InChI is InChI=1S/C18H15N5O2S/c19-21-17-16(20-18(25)26-17)23-14(12-8-4-5-9-15(12)24)10-13(22-23)11-6-2-1-3-7-11/h1-9,14,17,19,24H,10H2/t14-,17+/m1/s1. The summed E-state index contributed by atoms with van der Waals surface area (Å²) in [7, 11) is 0. The zero-order valence-corrected chi connectivity index (χ0v) is 14.4. The molecule has 0 radical (unpaired) electrons. The lowest BCUT2D eigenvalue weighted by atomic mass is 9.97. The van der Waals surface area contributed by atoms with E-state index in [0.29, 0.717) is 17.8 Å². The molecule has 2 aliphatic rings. The second kappa shape index (κ2) is 6.72. The summed E-state index contributed by atoms with van der Waals surface area (Å²) in [6.07, 6.45) is 0.546. The van der Waals surface area contributed by atoms with Gasteiger partial charge < -0.3 is 5.11 Å². The van der Waals surface area contributed by atoms with Gasteiger partial charge in [-0.1, -0.05) is 48.5 Å². The number of carbonyl (C=O) groups excluding carboxylic acids is 1. The first-order chi connectivity index (χ1) is 12.7. The number of phenolic OH excluding ortho intramolecular Hbond substituents is 1. The minimum absolute atomic E-state index is 0.156. The van der Waals surface area contributed by atoms with Crippen LogP contribution in [0.2, 0.25) is 0 Å². The monoisotopic (exact) mass is 365 g/mol. The number of aliphatic imine (C=N–C) groups is 1. The van der Waals surface area contributed by atoms with E-state index in [1.165, 1.54) is 0 Å². The molecule has 0 saturated heterocycles. The number of hydrogen-bond donors (Lipinski definition) is 2. The van der Waals surface area contributed by atoms with Crippen molar-refractivity contribution < 1.29 is 9.90 Å². The zero-order chi connectivity index (χ0) is 18.1. The van der Waals surface area contributed by atoms with Crippen molar-refractivity contribution in [3.63, 3.8) is 0 Å². The number of nitrogens with one attached hydrogen (secondary N) is 1. The van der Waals surface area contributed by atoms with Crippen LogP contribution in [-0.2, 0) is 0 Å². The summed E-state index contributed by atoms with van der Waals surface area (Å²) in [4.78, 5) is 15.8. The van der Waals surface area contributed by atoms with E-state index >= 15 is 0 Å². The molecular weight excluding hydrogens is 350 g/mol. The largest absolute Gasteiger partial charge is 0.508 e. The molecule has 130 valence electrons. The van der Waals surface area contributed by atoms with E-state index in [9.17, 15) is 9.90 Å². The Kier molecular flexibility index (Phi) is 4.26. The van der Waals surface area contributed by atoms with Gasteiger partial charge in [-0.15, -0.1) is 0 Å². The number of carbonyl (C=O) groups is 1. The molecule has 2 heterocycles. The Balaban J connectivity index is 1.79. The molecule has 2 N–H and O–H groups in total. The summed E-state index contributed by atoms with van der Waals surface area (Å²) in [5.41, 5.74) is 9.84. The molecule has 0 aliphatic carbocycles. The SMILES string of the molecule is N=N[C@H]1SC(=O)N=C1N1N=C(c2ccccc2)C[C@@H]1c1ccccc1O. The number of phenols is 1. The first kappa shape index (κ1) is 16.5. The van der Waals surface area contributed by atoms with E-state index in [-0.39, 0.29) is 17.0 Å². The summed E-state index contributed by atoms with van der Waals surface area (Å²) in [6.45, 7) is 0. The predicted molar refractivity (Wildman–Crippen MR) is 99.6 cm³/mol. The van der Waals surface area contributed by atoms with Crippen LogP contribution in [0.25, 0.3) is 0 Å². The van der Waals surface area contributed by atoms with E-state index in [1.54, 1.807) is 17.1 Å². The Hall–Kier alpha value is -3.00. The highest BCUT2D eigenvalue weighted by atomic mass is 32.2. The molecule has 2 aromatic rings. The molecule has 0 saturated carbocycles. The fourth-order valence-corrected chi connectivity index (χ4v) is 3.77. The lowest BCUT2D eigenvalue weighted by molar-refractivity contribution is 0.267. The number of benzene rings is 2. The Morgan fingerprint density at radius 3 is 2.62 bits per heavy atom. The number of thioether (sulfide) groups is 1. The Morgan fingerprint density at radius 2 is 1.88 bits per heavy atom. The van der Waals surface area contributed by atoms with Gasteiger partial charge in [0.15, 0.2) is 11.2 Å². The average Bonchev–Trinajstić information content (AvgIpc) is 3.26. The highest BCUT2D eigenvalue weighted by Gasteiger charge is 2.40. The van der Waals surface area contributed by atoms with E-state index in [0.717, 1.165) is 23.0 Å². The quantitative estimate of drug-likeness (QED) is 0.797. The van der Waals surface area contributed by atoms with Gasteiger partial charge in [-0.05, 0) is 23.4 Å². The van der Waals surface area contributed by atoms with Crippen LogP contribution >= 0.6 is 11.8 Å². The third kappa shape index (κ3) is 2.88. The van der Waals surface area contributed by atoms with Crippen molar-refractivity contribution in [2.45, 2.75) is 17.8 Å². The van der Waals surface area contributed by atoms with Gasteiger partial charge in [-0.25, -0.2) is 10.5 Å². The van der Waals surface area contributed by atoms with Crippen LogP contribution < -0.4 is 0 Å². The molecule has 2 aliphatic heterocycles. The number of para-hydroxylation sites is 1. The van der Waals surface area contributed by atoms with E-state index in [1.807, 2.05) is 42.5 Å². The van der Waals surface area contributed by atoms with Crippen LogP contribution in [0.4, 0.5) is 4.79 Å². The van der Waals surface area contributed by atoms with Gasteiger partial charge in [-0.2, -0.15) is 15.2 Å². The average molecular weight is 365 g/mol. The maximum atomic E-state index is 11.7. The van der Waals surface area contributed by atoms with Crippen LogP contribution in [0.1, 0.15) is 23.6 Å². The van der Waals surface area contributed by atoms with Gasteiger partial charge in [0.05, 0.1) is 11.8 Å². The molecule has 2 atom stereocenters. The first-order valence-corrected chi connectivity index (χ1v) is 8.91. The Labute approximate surface area is 154 Å². The molecule has 26 heavy (non-hydrogen) atoms. The van der Waals surface area contributed by atoms with Crippen molar-refractivity contribution >= 4 is 28.5 Å². The predicted octanol–water partition coefficient (Wildman–Crippen LogP) is 4.17. The topological polar surface area (TPSA) is 101 Å². The van der Waals surface area contributed by atoms with E-state index in [4.69, 9.17) is 5.53 Å².